The Labute approximate surface area is 233 Å². The first-order valence-electron chi connectivity index (χ1n) is 13.9. The molecule has 9 heteroatoms. The van der Waals surface area contributed by atoms with Crippen molar-refractivity contribution < 1.29 is 4.79 Å². The van der Waals surface area contributed by atoms with Gasteiger partial charge in [-0.2, -0.15) is 15.5 Å². The summed E-state index contributed by atoms with van der Waals surface area (Å²) < 4.78 is 3.52. The molecule has 2 bridgehead atoms. The fraction of sp³-hybridized carbons (Fsp3) is 0.387. The number of amides is 1. The van der Waals surface area contributed by atoms with E-state index in [1.54, 1.807) is 21.5 Å². The van der Waals surface area contributed by atoms with Gasteiger partial charge in [-0.05, 0) is 62.6 Å². The molecule has 204 valence electrons. The molecule has 3 fully saturated rings. The van der Waals surface area contributed by atoms with Crippen molar-refractivity contribution in [1.29, 1.82) is 5.26 Å². The van der Waals surface area contributed by atoms with Crippen LogP contribution in [0.1, 0.15) is 45.1 Å². The summed E-state index contributed by atoms with van der Waals surface area (Å²) in [6, 6.07) is 8.72. The van der Waals surface area contributed by atoms with E-state index >= 15 is 0 Å². The summed E-state index contributed by atoms with van der Waals surface area (Å²) in [5.74, 6) is 1.60. The second-order valence-electron chi connectivity index (χ2n) is 11.6. The predicted molar refractivity (Wildman–Crippen MR) is 154 cm³/mol. The predicted octanol–water partition coefficient (Wildman–Crippen LogP) is 4.97. The van der Waals surface area contributed by atoms with Gasteiger partial charge in [-0.1, -0.05) is 13.0 Å². The maximum Gasteiger partial charge on any atom is 0.227 e. The molecule has 0 radical (unpaired) electrons. The average molecular weight is 535 g/mol. The van der Waals surface area contributed by atoms with E-state index in [0.29, 0.717) is 23.4 Å². The van der Waals surface area contributed by atoms with E-state index in [1.807, 2.05) is 50.9 Å². The van der Waals surface area contributed by atoms with Gasteiger partial charge in [0.1, 0.15) is 11.9 Å². The number of nitrogens with one attached hydrogen (secondary N) is 2. The van der Waals surface area contributed by atoms with Crippen molar-refractivity contribution in [3.8, 4) is 28.3 Å². The van der Waals surface area contributed by atoms with E-state index in [2.05, 4.69) is 46.5 Å². The number of nitriles is 1. The topological polar surface area (TPSA) is 113 Å². The van der Waals surface area contributed by atoms with Gasteiger partial charge in [-0.3, -0.25) is 9.48 Å². The van der Waals surface area contributed by atoms with Crippen LogP contribution in [0.5, 0.6) is 0 Å². The highest BCUT2D eigenvalue weighted by atomic mass is 16.2. The van der Waals surface area contributed by atoms with Gasteiger partial charge in [0.15, 0.2) is 0 Å². The molecular weight excluding hydrogens is 500 g/mol. The molecule has 2 N–H and O–H groups in total. The van der Waals surface area contributed by atoms with E-state index in [4.69, 9.17) is 4.98 Å². The largest absolute Gasteiger partial charge is 0.367 e. The number of hydrogen-bond acceptors (Lipinski definition) is 6. The SMILES string of the molecule is C=CC(C)C(=O)NC1(C)CC2CCC1CC2Nc1ccc(-c2cc(-c3cnn(C)c3)cn3ncc(C#N)c23)cn1. The maximum absolute atomic E-state index is 12.6. The van der Waals surface area contributed by atoms with Crippen molar-refractivity contribution in [2.24, 2.45) is 24.8 Å². The number of aryl methyl sites for hydroxylation is 1. The number of aromatic nitrogens is 5. The van der Waals surface area contributed by atoms with Crippen molar-refractivity contribution in [2.45, 2.75) is 51.1 Å². The standard InChI is InChI=1S/C31H34N8O/c1-5-19(2)30(40)37-31(3)12-20-6-8-25(31)11-27(20)36-28-9-7-21(14-33-28)26-10-22(24-16-34-38(4)17-24)18-39-29(26)23(13-32)15-35-39/h5,7,9-10,14-20,25,27H,1,6,8,11-12H2,2-4H3,(H,33,36)(H,37,40). The first-order valence-corrected chi connectivity index (χ1v) is 13.9. The van der Waals surface area contributed by atoms with Gasteiger partial charge in [0.2, 0.25) is 5.91 Å². The lowest BCUT2D eigenvalue weighted by molar-refractivity contribution is -0.127. The van der Waals surface area contributed by atoms with Gasteiger partial charge in [0.05, 0.1) is 29.4 Å². The first-order chi connectivity index (χ1) is 19.3. The van der Waals surface area contributed by atoms with Crippen molar-refractivity contribution in [3.05, 3.63) is 67.4 Å². The molecule has 1 amide bonds. The van der Waals surface area contributed by atoms with E-state index in [1.165, 1.54) is 0 Å². The lowest BCUT2D eigenvalue weighted by Crippen LogP contribution is -2.61. The van der Waals surface area contributed by atoms with Crippen LogP contribution < -0.4 is 10.6 Å². The fourth-order valence-electron chi connectivity index (χ4n) is 6.58. The number of hydrogen-bond donors (Lipinski definition) is 2. The van der Waals surface area contributed by atoms with E-state index < -0.39 is 0 Å². The molecule has 5 unspecified atom stereocenters. The maximum atomic E-state index is 12.6. The van der Waals surface area contributed by atoms with Gasteiger partial charge in [-0.25, -0.2) is 9.50 Å². The highest BCUT2D eigenvalue weighted by Crippen LogP contribution is 2.48. The van der Waals surface area contributed by atoms with Crippen LogP contribution in [0.2, 0.25) is 0 Å². The Kier molecular flexibility index (Phi) is 6.41. The molecule has 3 saturated carbocycles. The Hall–Kier alpha value is -4.45. The summed E-state index contributed by atoms with van der Waals surface area (Å²) in [5, 5.41) is 25.5. The molecule has 4 aromatic heterocycles. The third-order valence-corrected chi connectivity index (χ3v) is 8.93. The number of rotatable bonds is 7. The third-order valence-electron chi connectivity index (χ3n) is 8.93. The average Bonchev–Trinajstić information content (AvgIpc) is 3.59. The summed E-state index contributed by atoms with van der Waals surface area (Å²) in [6.07, 6.45) is 15.1. The number of anilines is 1. The number of fused-ring (bicyclic) bond motifs is 4. The van der Waals surface area contributed by atoms with Crippen LogP contribution in [0.25, 0.3) is 27.8 Å². The summed E-state index contributed by atoms with van der Waals surface area (Å²) in [5.41, 5.74) is 4.84. The highest BCUT2D eigenvalue weighted by Gasteiger charge is 2.49. The quantitative estimate of drug-likeness (QED) is 0.324. The number of carbonyl (C=O) groups is 1. The minimum atomic E-state index is -0.188. The number of carbonyl (C=O) groups excluding carboxylic acids is 1. The molecule has 0 spiro atoms. The van der Waals surface area contributed by atoms with Crippen molar-refractivity contribution in [3.63, 3.8) is 0 Å². The Morgan fingerprint density at radius 2 is 2.05 bits per heavy atom. The first kappa shape index (κ1) is 25.8. The molecule has 3 aliphatic rings. The molecule has 0 saturated heterocycles. The second kappa shape index (κ2) is 9.94. The van der Waals surface area contributed by atoms with Crippen LogP contribution in [-0.4, -0.2) is 41.9 Å². The molecule has 4 aromatic rings. The van der Waals surface area contributed by atoms with Gasteiger partial charge in [-0.15, -0.1) is 6.58 Å². The molecular formula is C31H34N8O. The molecule has 7 rings (SSSR count). The Morgan fingerprint density at radius 1 is 1.20 bits per heavy atom. The summed E-state index contributed by atoms with van der Waals surface area (Å²) in [4.78, 5) is 17.4. The molecule has 3 aliphatic carbocycles. The van der Waals surface area contributed by atoms with E-state index in [-0.39, 0.29) is 17.4 Å². The van der Waals surface area contributed by atoms with E-state index in [0.717, 1.165) is 59.3 Å². The number of nitrogens with zero attached hydrogens (tertiary/aromatic N) is 6. The van der Waals surface area contributed by atoms with Crippen LogP contribution in [-0.2, 0) is 11.8 Å². The van der Waals surface area contributed by atoms with Crippen LogP contribution in [0.15, 0.2) is 61.8 Å². The van der Waals surface area contributed by atoms with Crippen molar-refractivity contribution >= 4 is 17.2 Å². The zero-order valence-corrected chi connectivity index (χ0v) is 23.1. The second-order valence-corrected chi connectivity index (χ2v) is 11.6. The third kappa shape index (κ3) is 4.53. The van der Waals surface area contributed by atoms with Gasteiger partial charge in [0, 0.05) is 59.5 Å². The van der Waals surface area contributed by atoms with Crippen molar-refractivity contribution in [2.75, 3.05) is 5.32 Å². The van der Waals surface area contributed by atoms with Crippen LogP contribution in [0.4, 0.5) is 5.82 Å². The van der Waals surface area contributed by atoms with Crippen LogP contribution in [0.3, 0.4) is 0 Å². The molecule has 9 nitrogen and oxygen atoms in total. The Bertz CT molecular complexity index is 1630. The Balaban J connectivity index is 1.23. The van der Waals surface area contributed by atoms with Crippen molar-refractivity contribution in [1.82, 2.24) is 29.7 Å². The normalized spacial score (nSPS) is 24.4. The van der Waals surface area contributed by atoms with Gasteiger partial charge < -0.3 is 10.6 Å². The molecule has 0 aromatic carbocycles. The summed E-state index contributed by atoms with van der Waals surface area (Å²) in [7, 11) is 1.89. The van der Waals surface area contributed by atoms with E-state index in [9.17, 15) is 10.1 Å². The molecule has 0 aliphatic heterocycles. The lowest BCUT2D eigenvalue weighted by Gasteiger charge is -2.54. The van der Waals surface area contributed by atoms with Gasteiger partial charge in [0.25, 0.3) is 0 Å². The minimum absolute atomic E-state index is 0.0614. The monoisotopic (exact) mass is 534 g/mol. The highest BCUT2D eigenvalue weighted by molar-refractivity contribution is 5.87. The number of pyridine rings is 2. The smallest absolute Gasteiger partial charge is 0.227 e. The van der Waals surface area contributed by atoms with Crippen LogP contribution in [0, 0.1) is 29.1 Å². The molecule has 40 heavy (non-hydrogen) atoms. The van der Waals surface area contributed by atoms with Gasteiger partial charge >= 0.3 is 0 Å². The molecule has 4 heterocycles. The minimum Gasteiger partial charge on any atom is -0.367 e. The zero-order valence-electron chi connectivity index (χ0n) is 23.1. The Morgan fingerprint density at radius 3 is 2.70 bits per heavy atom. The zero-order chi connectivity index (χ0) is 28.0. The summed E-state index contributed by atoms with van der Waals surface area (Å²) in [6.45, 7) is 7.86. The summed E-state index contributed by atoms with van der Waals surface area (Å²) >= 11 is 0. The lowest BCUT2D eigenvalue weighted by atomic mass is 9.59. The van der Waals surface area contributed by atoms with Crippen LogP contribution >= 0.6 is 0 Å². The fourth-order valence-corrected chi connectivity index (χ4v) is 6.58. The molecule has 5 atom stereocenters.